The van der Waals surface area contributed by atoms with Crippen LogP contribution in [-0.2, 0) is 4.79 Å². The molecule has 0 aliphatic carbocycles. The van der Waals surface area contributed by atoms with E-state index in [9.17, 15) is 22.8 Å². The Hall–Kier alpha value is -2.29. The molecule has 26 heavy (non-hydrogen) atoms. The predicted molar refractivity (Wildman–Crippen MR) is 88.8 cm³/mol. The lowest BCUT2D eigenvalue weighted by Crippen LogP contribution is -2.40. The number of hydrogen-bond donors (Lipinski definition) is 1. The van der Waals surface area contributed by atoms with Gasteiger partial charge in [0.05, 0.1) is 12.1 Å². The Kier molecular flexibility index (Phi) is 6.84. The fourth-order valence-electron chi connectivity index (χ4n) is 2.82. The van der Waals surface area contributed by atoms with Gasteiger partial charge in [-0.2, -0.15) is 0 Å². The Balaban J connectivity index is 2.03. The highest BCUT2D eigenvalue weighted by Gasteiger charge is 2.33. The van der Waals surface area contributed by atoms with Crippen LogP contribution in [0.15, 0.2) is 24.3 Å². The van der Waals surface area contributed by atoms with Crippen molar-refractivity contribution >= 4 is 11.8 Å². The van der Waals surface area contributed by atoms with Crippen molar-refractivity contribution in [2.45, 2.75) is 19.7 Å². The van der Waals surface area contributed by atoms with Gasteiger partial charge in [-0.15, -0.1) is 13.2 Å². The first-order valence-corrected chi connectivity index (χ1v) is 8.43. The molecule has 0 spiro atoms. The fourth-order valence-corrected chi connectivity index (χ4v) is 2.82. The van der Waals surface area contributed by atoms with Crippen LogP contribution in [-0.4, -0.2) is 67.2 Å². The van der Waals surface area contributed by atoms with Crippen LogP contribution in [0.3, 0.4) is 0 Å². The van der Waals surface area contributed by atoms with Gasteiger partial charge in [0.1, 0.15) is 5.75 Å². The van der Waals surface area contributed by atoms with Crippen LogP contribution in [0.2, 0.25) is 0 Å². The van der Waals surface area contributed by atoms with Crippen molar-refractivity contribution < 1.29 is 27.5 Å². The number of carbonyl (C=O) groups is 2. The molecule has 6 nitrogen and oxygen atoms in total. The summed E-state index contributed by atoms with van der Waals surface area (Å²) in [5.41, 5.74) is -0.123. The van der Waals surface area contributed by atoms with Gasteiger partial charge in [0, 0.05) is 32.7 Å². The molecule has 1 aliphatic heterocycles. The standard InChI is InChI=1S/C17H22F3N3O3/c1-2-21-15(24)12-22-8-5-9-23(11-10-22)16(25)13-6-3-4-7-14(13)26-17(18,19)20/h3-4,6-7H,2,5,8-12H2,1H3,(H,21,24). The zero-order valence-electron chi connectivity index (χ0n) is 14.5. The third-order valence-electron chi connectivity index (χ3n) is 3.96. The van der Waals surface area contributed by atoms with Gasteiger partial charge in [-0.3, -0.25) is 14.5 Å². The SMILES string of the molecule is CCNC(=O)CN1CCCN(C(=O)c2ccccc2OC(F)(F)F)CC1. The van der Waals surface area contributed by atoms with Gasteiger partial charge in [-0.1, -0.05) is 12.1 Å². The van der Waals surface area contributed by atoms with Gasteiger partial charge in [-0.05, 0) is 25.5 Å². The van der Waals surface area contributed by atoms with Gasteiger partial charge < -0.3 is 15.0 Å². The molecule has 2 amide bonds. The number of likely N-dealkylation sites (N-methyl/N-ethyl adjacent to an activating group) is 1. The van der Waals surface area contributed by atoms with Crippen LogP contribution < -0.4 is 10.1 Å². The highest BCUT2D eigenvalue weighted by atomic mass is 19.4. The fraction of sp³-hybridized carbons (Fsp3) is 0.529. The van der Waals surface area contributed by atoms with Crippen molar-refractivity contribution in [2.75, 3.05) is 39.3 Å². The quantitative estimate of drug-likeness (QED) is 0.856. The van der Waals surface area contributed by atoms with E-state index in [0.717, 1.165) is 6.07 Å². The molecular formula is C17H22F3N3O3. The van der Waals surface area contributed by atoms with Crippen LogP contribution in [0.1, 0.15) is 23.7 Å². The van der Waals surface area contributed by atoms with E-state index in [4.69, 9.17) is 0 Å². The summed E-state index contributed by atoms with van der Waals surface area (Å²) in [5, 5.41) is 2.72. The van der Waals surface area contributed by atoms with Crippen molar-refractivity contribution in [1.29, 1.82) is 0 Å². The zero-order chi connectivity index (χ0) is 19.2. The molecule has 0 atom stereocenters. The predicted octanol–water partition coefficient (Wildman–Crippen LogP) is 1.87. The Labute approximate surface area is 149 Å². The molecule has 1 N–H and O–H groups in total. The maximum Gasteiger partial charge on any atom is 0.573 e. The van der Waals surface area contributed by atoms with Gasteiger partial charge >= 0.3 is 6.36 Å². The molecule has 9 heteroatoms. The second-order valence-electron chi connectivity index (χ2n) is 5.92. The van der Waals surface area contributed by atoms with Crippen molar-refractivity contribution in [3.05, 3.63) is 29.8 Å². The Morgan fingerprint density at radius 3 is 2.58 bits per heavy atom. The highest BCUT2D eigenvalue weighted by Crippen LogP contribution is 2.27. The molecule has 1 fully saturated rings. The molecule has 1 saturated heterocycles. The Morgan fingerprint density at radius 1 is 1.15 bits per heavy atom. The molecule has 0 bridgehead atoms. The van der Waals surface area contributed by atoms with Gasteiger partial charge in [0.25, 0.3) is 5.91 Å². The number of para-hydroxylation sites is 1. The van der Waals surface area contributed by atoms with E-state index in [1.807, 2.05) is 11.8 Å². The number of halogens is 3. The number of hydrogen-bond acceptors (Lipinski definition) is 4. The van der Waals surface area contributed by atoms with Crippen LogP contribution in [0, 0.1) is 0 Å². The molecule has 1 aliphatic rings. The second kappa shape index (κ2) is 8.88. The van der Waals surface area contributed by atoms with E-state index in [1.54, 1.807) is 0 Å². The molecule has 144 valence electrons. The summed E-state index contributed by atoms with van der Waals surface area (Å²) in [5.74, 6) is -1.10. The van der Waals surface area contributed by atoms with E-state index in [-0.39, 0.29) is 18.0 Å². The maximum atomic E-state index is 12.7. The summed E-state index contributed by atoms with van der Waals surface area (Å²) in [4.78, 5) is 27.8. The smallest absolute Gasteiger partial charge is 0.405 e. The molecule has 1 heterocycles. The van der Waals surface area contributed by atoms with Crippen molar-refractivity contribution in [3.63, 3.8) is 0 Å². The van der Waals surface area contributed by atoms with E-state index in [0.29, 0.717) is 39.1 Å². The summed E-state index contributed by atoms with van der Waals surface area (Å²) in [6.45, 7) is 4.48. The Bertz CT molecular complexity index is 637. The number of amides is 2. The Morgan fingerprint density at radius 2 is 1.88 bits per heavy atom. The van der Waals surface area contributed by atoms with Crippen molar-refractivity contribution in [3.8, 4) is 5.75 Å². The second-order valence-corrected chi connectivity index (χ2v) is 5.92. The summed E-state index contributed by atoms with van der Waals surface area (Å²) < 4.78 is 41.6. The van der Waals surface area contributed by atoms with Crippen LogP contribution in [0.5, 0.6) is 5.75 Å². The molecule has 1 aromatic rings. The summed E-state index contributed by atoms with van der Waals surface area (Å²) in [6, 6.07) is 5.32. The minimum Gasteiger partial charge on any atom is -0.405 e. The zero-order valence-corrected chi connectivity index (χ0v) is 14.5. The first kappa shape index (κ1) is 20.0. The molecule has 2 rings (SSSR count). The topological polar surface area (TPSA) is 61.9 Å². The number of alkyl halides is 3. The molecule has 0 saturated carbocycles. The third-order valence-corrected chi connectivity index (χ3v) is 3.96. The molecular weight excluding hydrogens is 351 g/mol. The normalized spacial score (nSPS) is 16.1. The van der Waals surface area contributed by atoms with E-state index >= 15 is 0 Å². The molecule has 0 aromatic heterocycles. The summed E-state index contributed by atoms with van der Waals surface area (Å²) in [7, 11) is 0. The molecule has 0 radical (unpaired) electrons. The van der Waals surface area contributed by atoms with Gasteiger partial charge in [0.2, 0.25) is 5.91 Å². The number of benzene rings is 1. The van der Waals surface area contributed by atoms with Gasteiger partial charge in [0.15, 0.2) is 0 Å². The monoisotopic (exact) mass is 373 g/mol. The van der Waals surface area contributed by atoms with Crippen LogP contribution in [0.4, 0.5) is 13.2 Å². The number of carbonyl (C=O) groups excluding carboxylic acids is 2. The number of nitrogens with one attached hydrogen (secondary N) is 1. The molecule has 0 unspecified atom stereocenters. The van der Waals surface area contributed by atoms with Crippen LogP contribution >= 0.6 is 0 Å². The number of nitrogens with zero attached hydrogens (tertiary/aromatic N) is 2. The minimum absolute atomic E-state index is 0.0869. The lowest BCUT2D eigenvalue weighted by molar-refractivity contribution is -0.274. The largest absolute Gasteiger partial charge is 0.573 e. The average Bonchev–Trinajstić information content (AvgIpc) is 2.79. The van der Waals surface area contributed by atoms with Crippen LogP contribution in [0.25, 0.3) is 0 Å². The van der Waals surface area contributed by atoms with E-state index < -0.39 is 18.0 Å². The average molecular weight is 373 g/mol. The lowest BCUT2D eigenvalue weighted by Gasteiger charge is -2.23. The highest BCUT2D eigenvalue weighted by molar-refractivity contribution is 5.97. The van der Waals surface area contributed by atoms with Gasteiger partial charge in [-0.25, -0.2) is 0 Å². The van der Waals surface area contributed by atoms with E-state index in [2.05, 4.69) is 10.1 Å². The summed E-state index contributed by atoms with van der Waals surface area (Å²) in [6.07, 6.45) is -4.23. The molecule has 1 aromatic carbocycles. The lowest BCUT2D eigenvalue weighted by atomic mass is 10.1. The van der Waals surface area contributed by atoms with Crippen molar-refractivity contribution in [1.82, 2.24) is 15.1 Å². The minimum atomic E-state index is -4.86. The van der Waals surface area contributed by atoms with E-state index in [1.165, 1.54) is 23.1 Å². The maximum absolute atomic E-state index is 12.7. The first-order valence-electron chi connectivity index (χ1n) is 8.43. The summed E-state index contributed by atoms with van der Waals surface area (Å²) >= 11 is 0. The van der Waals surface area contributed by atoms with Crippen molar-refractivity contribution in [2.24, 2.45) is 0 Å². The number of ether oxygens (including phenoxy) is 1. The number of rotatable bonds is 5. The first-order chi connectivity index (χ1) is 12.3. The third kappa shape index (κ3) is 5.91.